The Labute approximate surface area is 308 Å². The highest BCUT2D eigenvalue weighted by atomic mass is 32.2. The molecule has 4 aromatic rings. The average molecular weight is 751 g/mol. The topological polar surface area (TPSA) is 126 Å². The Morgan fingerprint density at radius 2 is 1.79 bits per heavy atom. The summed E-state index contributed by atoms with van der Waals surface area (Å²) in [5.74, 6) is 0.901. The molecule has 278 valence electrons. The maximum absolute atomic E-state index is 13.5. The lowest BCUT2D eigenvalue weighted by Crippen LogP contribution is -2.63. The number of hydrogen-bond donors (Lipinski definition) is 2. The van der Waals surface area contributed by atoms with E-state index in [-0.39, 0.29) is 28.2 Å². The van der Waals surface area contributed by atoms with Crippen LogP contribution in [-0.4, -0.2) is 56.3 Å². The number of alkyl halides is 2. The van der Waals surface area contributed by atoms with E-state index in [1.54, 1.807) is 24.5 Å². The third kappa shape index (κ3) is 6.44. The van der Waals surface area contributed by atoms with Gasteiger partial charge in [-0.1, -0.05) is 39.8 Å². The van der Waals surface area contributed by atoms with Gasteiger partial charge in [0.1, 0.15) is 21.9 Å². The molecule has 1 saturated carbocycles. The van der Waals surface area contributed by atoms with Crippen molar-refractivity contribution in [3.05, 3.63) is 71.6 Å². The Bertz CT molecular complexity index is 2020. The van der Waals surface area contributed by atoms with Crippen molar-refractivity contribution >= 4 is 36.6 Å². The van der Waals surface area contributed by atoms with Gasteiger partial charge in [-0.05, 0) is 93.4 Å². The molecule has 1 aliphatic carbocycles. The van der Waals surface area contributed by atoms with Crippen molar-refractivity contribution in [1.82, 2.24) is 29.6 Å². The number of nitrogens with one attached hydrogen (secondary N) is 2. The molecule has 2 N–H and O–H groups in total. The van der Waals surface area contributed by atoms with Crippen LogP contribution < -0.4 is 14.8 Å². The number of benzene rings is 2. The van der Waals surface area contributed by atoms with Gasteiger partial charge in [0.15, 0.2) is 14.1 Å². The summed E-state index contributed by atoms with van der Waals surface area (Å²) < 4.78 is 57.0. The molecule has 0 radical (unpaired) electrons. The summed E-state index contributed by atoms with van der Waals surface area (Å²) >= 11 is -1.35. The number of nitrogens with zero attached hydrogens (tertiary/aromatic N) is 4. The van der Waals surface area contributed by atoms with Crippen molar-refractivity contribution in [3.63, 3.8) is 0 Å². The van der Waals surface area contributed by atoms with E-state index in [1.807, 2.05) is 43.5 Å². The molecule has 14 heteroatoms. The number of carbonyl (C=O) groups is 1. The van der Waals surface area contributed by atoms with Crippen LogP contribution in [0, 0.1) is 5.41 Å². The first-order valence-electron chi connectivity index (χ1n) is 17.8. The third-order valence-electron chi connectivity index (χ3n) is 11.3. The van der Waals surface area contributed by atoms with Crippen molar-refractivity contribution in [2.45, 2.75) is 115 Å². The summed E-state index contributed by atoms with van der Waals surface area (Å²) in [7, 11) is -1.96. The van der Waals surface area contributed by atoms with Crippen LogP contribution in [-0.2, 0) is 21.3 Å². The fourth-order valence-corrected chi connectivity index (χ4v) is 9.64. The second kappa shape index (κ2) is 12.6. The van der Waals surface area contributed by atoms with Gasteiger partial charge >= 0.3 is 6.61 Å². The number of fused-ring (bicyclic) bond motifs is 9. The highest BCUT2D eigenvalue weighted by Gasteiger charge is 2.59. The van der Waals surface area contributed by atoms with E-state index < -0.39 is 42.6 Å². The van der Waals surface area contributed by atoms with Gasteiger partial charge in [-0.3, -0.25) is 4.79 Å². The maximum atomic E-state index is 13.5. The molecule has 1 fully saturated rings. The van der Waals surface area contributed by atoms with E-state index in [0.29, 0.717) is 48.6 Å². The molecule has 4 heterocycles. The number of carbonyl (C=O) groups excluding carboxylic acids is 1. The zero-order valence-electron chi connectivity index (χ0n) is 31.3. The van der Waals surface area contributed by atoms with Crippen LogP contribution in [0.15, 0.2) is 48.8 Å². The molecule has 0 spiro atoms. The summed E-state index contributed by atoms with van der Waals surface area (Å²) in [5.41, 5.74) is 3.08. The Morgan fingerprint density at radius 3 is 2.42 bits per heavy atom. The molecule has 0 saturated heterocycles. The zero-order chi connectivity index (χ0) is 37.6. The Balaban J connectivity index is 1.20. The van der Waals surface area contributed by atoms with Gasteiger partial charge in [0.25, 0.3) is 5.91 Å². The number of aromatic nitrogens is 4. The molecule has 3 atom stereocenters. The summed E-state index contributed by atoms with van der Waals surface area (Å²) in [6, 6.07) is 9.71. The summed E-state index contributed by atoms with van der Waals surface area (Å²) in [6.45, 7) is 16.9. The van der Waals surface area contributed by atoms with Gasteiger partial charge in [-0.25, -0.2) is 15.0 Å². The minimum absolute atomic E-state index is 0.0169. The second-order valence-electron chi connectivity index (χ2n) is 17.5. The van der Waals surface area contributed by atoms with Crippen molar-refractivity contribution in [2.75, 3.05) is 6.61 Å². The molecule has 2 aliphatic heterocycles. The van der Waals surface area contributed by atoms with Crippen LogP contribution in [0.5, 0.6) is 5.75 Å². The first-order chi connectivity index (χ1) is 24.2. The van der Waals surface area contributed by atoms with Crippen LogP contribution >= 0.6 is 0 Å². The highest BCUT2D eigenvalue weighted by molar-refractivity contribution is 7.90. The minimum Gasteiger partial charge on any atom is -0.598 e. The molecule has 52 heavy (non-hydrogen) atoms. The molecular formula is C38H48F2N6O4SSi. The van der Waals surface area contributed by atoms with Gasteiger partial charge in [0.05, 0.1) is 23.1 Å². The number of hydrogen-bond acceptors (Lipinski definition) is 8. The maximum Gasteiger partial charge on any atom is 0.387 e. The van der Waals surface area contributed by atoms with E-state index in [2.05, 4.69) is 50.8 Å². The smallest absolute Gasteiger partial charge is 0.387 e. The van der Waals surface area contributed by atoms with Gasteiger partial charge in [-0.15, -0.1) is 4.72 Å². The van der Waals surface area contributed by atoms with Crippen LogP contribution in [0.2, 0.25) is 18.1 Å². The third-order valence-corrected chi connectivity index (χ3v) is 17.4. The normalized spacial score (nSPS) is 25.0. The van der Waals surface area contributed by atoms with Crippen LogP contribution in [0.4, 0.5) is 8.78 Å². The number of imidazole rings is 1. The number of rotatable bonds is 9. The Kier molecular flexibility index (Phi) is 8.92. The lowest BCUT2D eigenvalue weighted by Gasteiger charge is -2.54. The van der Waals surface area contributed by atoms with E-state index >= 15 is 0 Å². The molecule has 1 amide bonds. The highest BCUT2D eigenvalue weighted by Crippen LogP contribution is 2.55. The molecule has 10 nitrogen and oxygen atoms in total. The molecule has 2 aromatic carbocycles. The number of amides is 1. The Hall–Kier alpha value is -3.43. The second-order valence-corrected chi connectivity index (χ2v) is 24.3. The van der Waals surface area contributed by atoms with Crippen molar-refractivity contribution < 1.29 is 27.3 Å². The van der Waals surface area contributed by atoms with Gasteiger partial charge in [-0.2, -0.15) is 8.78 Å². The minimum atomic E-state index is -3.03. The zero-order valence-corrected chi connectivity index (χ0v) is 33.1. The number of ether oxygens (including phenoxy) is 1. The van der Waals surface area contributed by atoms with Crippen LogP contribution in [0.1, 0.15) is 107 Å². The average Bonchev–Trinajstić information content (AvgIpc) is 3.53. The lowest BCUT2D eigenvalue weighted by molar-refractivity contribution is -0.0507. The molecule has 2 bridgehead atoms. The quantitative estimate of drug-likeness (QED) is 0.131. The van der Waals surface area contributed by atoms with Crippen LogP contribution in [0.3, 0.4) is 0 Å². The summed E-state index contributed by atoms with van der Waals surface area (Å²) in [6.07, 6.45) is 5.42. The predicted molar refractivity (Wildman–Crippen MR) is 200 cm³/mol. The van der Waals surface area contributed by atoms with Crippen LogP contribution in [0.25, 0.3) is 22.2 Å². The van der Waals surface area contributed by atoms with E-state index in [4.69, 9.17) is 24.1 Å². The molecule has 2 aromatic heterocycles. The monoisotopic (exact) mass is 750 g/mol. The van der Waals surface area contributed by atoms with Gasteiger partial charge in [0.2, 0.25) is 0 Å². The Morgan fingerprint density at radius 1 is 1.10 bits per heavy atom. The molecule has 3 aliphatic rings. The largest absolute Gasteiger partial charge is 0.598 e. The molecule has 1 unspecified atom stereocenters. The van der Waals surface area contributed by atoms with E-state index in [1.165, 1.54) is 6.07 Å². The fourth-order valence-electron chi connectivity index (χ4n) is 7.60. The summed E-state index contributed by atoms with van der Waals surface area (Å²) in [5, 5.41) is 3.13. The fraction of sp³-hybridized carbons (Fsp3) is 0.526. The predicted octanol–water partition coefficient (Wildman–Crippen LogP) is 7.94. The SMILES string of the molecule is CC1(CO[Si](C)(C)C(C)(C)C)CC(N[S+]([O-])C(C)(C)C)(c2ncc(-c3ccc4nc5n(c4c3)[C@@H]3C[C@H]5NC(=O)c4cccc(OC(F)F)c43)cn2)C1. The summed E-state index contributed by atoms with van der Waals surface area (Å²) in [4.78, 5) is 27.8. The molecular weight excluding hydrogens is 703 g/mol. The van der Waals surface area contributed by atoms with Gasteiger partial charge < -0.3 is 23.6 Å². The first-order valence-corrected chi connectivity index (χ1v) is 21.8. The van der Waals surface area contributed by atoms with Crippen molar-refractivity contribution in [3.8, 4) is 16.9 Å². The standard InChI is InChI=1S/C38H48F2N6O4SSi/c1-35(2,3)51(48)45-38(19-37(7,20-38)21-49-52(8,9)36(4,5)6)33-41-17-23(18-42-33)22-13-14-25-27(15-22)46-28-16-26(31(46)43-25)44-32(47)24-11-10-12-29(30(24)28)50-34(39)40/h10-15,17-18,26,28,34,45H,16,19-21H2,1-9H3,(H,44,47)/t26-,28-,37?,38?,51?/m1/s1. The van der Waals surface area contributed by atoms with E-state index in [9.17, 15) is 18.1 Å². The first kappa shape index (κ1) is 36.9. The number of halogens is 2. The van der Waals surface area contributed by atoms with Crippen molar-refractivity contribution in [1.29, 1.82) is 0 Å². The van der Waals surface area contributed by atoms with Gasteiger partial charge in [0, 0.05) is 47.1 Å². The van der Waals surface area contributed by atoms with E-state index in [0.717, 1.165) is 22.2 Å². The molecule has 7 rings (SSSR count). The van der Waals surface area contributed by atoms with Crippen molar-refractivity contribution in [2.24, 2.45) is 5.41 Å². The lowest BCUT2D eigenvalue weighted by atomic mass is 9.58.